The molecule has 0 radical (unpaired) electrons. The van der Waals surface area contributed by atoms with Gasteiger partial charge in [0.2, 0.25) is 0 Å². The summed E-state index contributed by atoms with van der Waals surface area (Å²) >= 11 is 0. The highest BCUT2D eigenvalue weighted by molar-refractivity contribution is 5.99. The fourth-order valence-electron chi connectivity index (χ4n) is 1.93. The number of hydrogen-bond donors (Lipinski definition) is 1. The quantitative estimate of drug-likeness (QED) is 0.679. The minimum absolute atomic E-state index is 0.405. The monoisotopic (exact) mass is 327 g/mol. The van der Waals surface area contributed by atoms with Crippen molar-refractivity contribution in [3.63, 3.8) is 0 Å². The number of rotatable bonds is 4. The Morgan fingerprint density at radius 2 is 1.82 bits per heavy atom. The first-order chi connectivity index (χ1) is 10.1. The summed E-state index contributed by atoms with van der Waals surface area (Å²) in [6, 6.07) is 0. The van der Waals surface area contributed by atoms with Crippen LogP contribution in [0.15, 0.2) is 0 Å². The molecular formula is C12H10F5NO4. The van der Waals surface area contributed by atoms with Crippen LogP contribution in [0.25, 0.3) is 0 Å². The Labute approximate surface area is 120 Å². The number of carboxylic acid groups (broad SMARTS) is 1. The molecule has 22 heavy (non-hydrogen) atoms. The summed E-state index contributed by atoms with van der Waals surface area (Å²) in [7, 11) is 0.781. The molecule has 0 bridgehead atoms. The zero-order valence-corrected chi connectivity index (χ0v) is 11.3. The maximum atomic E-state index is 13.0. The van der Waals surface area contributed by atoms with Gasteiger partial charge in [-0.05, 0) is 12.0 Å². The second-order valence-electron chi connectivity index (χ2n) is 4.02. The van der Waals surface area contributed by atoms with E-state index in [0.29, 0.717) is 0 Å². The molecule has 0 spiro atoms. The van der Waals surface area contributed by atoms with E-state index in [2.05, 4.69) is 9.72 Å². The van der Waals surface area contributed by atoms with E-state index in [9.17, 15) is 31.5 Å². The molecule has 1 rings (SSSR count). The first-order valence-corrected chi connectivity index (χ1v) is 5.79. The van der Waals surface area contributed by atoms with Crippen LogP contribution in [-0.4, -0.2) is 29.1 Å². The number of carboxylic acids is 1. The van der Waals surface area contributed by atoms with E-state index in [1.54, 1.807) is 0 Å². The van der Waals surface area contributed by atoms with Gasteiger partial charge in [0.15, 0.2) is 5.69 Å². The minimum atomic E-state index is -5.23. The number of alkyl halides is 5. The second kappa shape index (κ2) is 6.24. The van der Waals surface area contributed by atoms with Crippen molar-refractivity contribution in [1.29, 1.82) is 0 Å². The lowest BCUT2D eigenvalue weighted by molar-refractivity contribution is -0.142. The third-order valence-electron chi connectivity index (χ3n) is 2.76. The molecule has 0 saturated heterocycles. The van der Waals surface area contributed by atoms with Gasteiger partial charge in [0.25, 0.3) is 6.43 Å². The fourth-order valence-corrected chi connectivity index (χ4v) is 1.93. The molecule has 0 aliphatic carbocycles. The zero-order valence-electron chi connectivity index (χ0n) is 11.3. The summed E-state index contributed by atoms with van der Waals surface area (Å²) < 4.78 is 68.9. The molecule has 1 N–H and O–H groups in total. The summed E-state index contributed by atoms with van der Waals surface area (Å²) in [5.74, 6) is -3.40. The average molecular weight is 327 g/mol. The van der Waals surface area contributed by atoms with Crippen molar-refractivity contribution < 1.29 is 41.4 Å². The van der Waals surface area contributed by atoms with Crippen molar-refractivity contribution in [3.05, 3.63) is 28.1 Å². The molecule has 0 unspecified atom stereocenters. The van der Waals surface area contributed by atoms with Gasteiger partial charge in [-0.25, -0.2) is 23.4 Å². The number of aromatic carboxylic acids is 1. The predicted molar refractivity (Wildman–Crippen MR) is 61.9 cm³/mol. The molecule has 0 aromatic carbocycles. The maximum Gasteiger partial charge on any atom is 0.434 e. The summed E-state index contributed by atoms with van der Waals surface area (Å²) in [5.41, 5.74) is -6.41. The number of aromatic nitrogens is 1. The fraction of sp³-hybridized carbons (Fsp3) is 0.417. The van der Waals surface area contributed by atoms with E-state index in [-0.39, 0.29) is 0 Å². The van der Waals surface area contributed by atoms with Crippen LogP contribution in [0.2, 0.25) is 0 Å². The van der Waals surface area contributed by atoms with Crippen LogP contribution < -0.4 is 0 Å². The van der Waals surface area contributed by atoms with Gasteiger partial charge < -0.3 is 9.84 Å². The van der Waals surface area contributed by atoms with Crippen LogP contribution in [0.3, 0.4) is 0 Å². The van der Waals surface area contributed by atoms with Crippen LogP contribution in [0.5, 0.6) is 0 Å². The van der Waals surface area contributed by atoms with E-state index in [0.717, 1.165) is 7.11 Å². The van der Waals surface area contributed by atoms with Crippen molar-refractivity contribution in [3.8, 4) is 0 Å². The molecule has 0 aliphatic rings. The number of halogens is 5. The summed E-state index contributed by atoms with van der Waals surface area (Å²) in [6.07, 6.45) is -9.19. The molecule has 1 heterocycles. The van der Waals surface area contributed by atoms with Gasteiger partial charge in [-0.3, -0.25) is 0 Å². The second-order valence-corrected chi connectivity index (χ2v) is 4.02. The van der Waals surface area contributed by atoms with E-state index in [1.807, 2.05) is 0 Å². The van der Waals surface area contributed by atoms with Gasteiger partial charge in [0, 0.05) is 0 Å². The number of pyridine rings is 1. The Morgan fingerprint density at radius 3 is 2.14 bits per heavy atom. The number of nitrogens with zero attached hydrogens (tertiary/aromatic N) is 1. The first kappa shape index (κ1) is 17.8. The number of hydrogen-bond acceptors (Lipinski definition) is 4. The summed E-state index contributed by atoms with van der Waals surface area (Å²) in [5, 5.41) is 8.99. The molecule has 0 saturated carbocycles. The van der Waals surface area contributed by atoms with Gasteiger partial charge in [-0.1, -0.05) is 6.92 Å². The van der Waals surface area contributed by atoms with Crippen LogP contribution in [0.4, 0.5) is 22.0 Å². The summed E-state index contributed by atoms with van der Waals surface area (Å²) in [4.78, 5) is 25.4. The summed E-state index contributed by atoms with van der Waals surface area (Å²) in [6.45, 7) is 1.23. The zero-order chi connectivity index (χ0) is 17.2. The van der Waals surface area contributed by atoms with E-state index in [1.165, 1.54) is 6.92 Å². The third-order valence-corrected chi connectivity index (χ3v) is 2.76. The van der Waals surface area contributed by atoms with Crippen LogP contribution in [0.1, 0.15) is 51.0 Å². The highest BCUT2D eigenvalue weighted by Gasteiger charge is 2.42. The van der Waals surface area contributed by atoms with Crippen molar-refractivity contribution in [2.24, 2.45) is 0 Å². The average Bonchev–Trinajstić information content (AvgIpc) is 2.42. The molecule has 0 amide bonds. The third kappa shape index (κ3) is 3.15. The smallest absolute Gasteiger partial charge is 0.434 e. The Bertz CT molecular complexity index is 613. The van der Waals surface area contributed by atoms with Crippen LogP contribution >= 0.6 is 0 Å². The van der Waals surface area contributed by atoms with E-state index in [4.69, 9.17) is 5.11 Å². The number of carbonyl (C=O) groups is 2. The Hall–Kier alpha value is -2.26. The molecule has 0 fully saturated rings. The molecule has 5 nitrogen and oxygen atoms in total. The molecule has 1 aromatic heterocycles. The van der Waals surface area contributed by atoms with Gasteiger partial charge >= 0.3 is 18.1 Å². The van der Waals surface area contributed by atoms with E-state index >= 15 is 0 Å². The van der Waals surface area contributed by atoms with Gasteiger partial charge in [-0.15, -0.1) is 0 Å². The molecule has 1 aromatic rings. The van der Waals surface area contributed by atoms with Gasteiger partial charge in [-0.2, -0.15) is 13.2 Å². The van der Waals surface area contributed by atoms with Gasteiger partial charge in [0.05, 0.1) is 18.2 Å². The molecule has 122 valence electrons. The van der Waals surface area contributed by atoms with Crippen LogP contribution in [0, 0.1) is 0 Å². The Kier molecular flexibility index (Phi) is 5.05. The molecular weight excluding hydrogens is 317 g/mol. The maximum absolute atomic E-state index is 13.0. The van der Waals surface area contributed by atoms with E-state index < -0.39 is 59.0 Å². The van der Waals surface area contributed by atoms with Gasteiger partial charge in [0.1, 0.15) is 5.69 Å². The normalized spacial score (nSPS) is 11.6. The lowest BCUT2D eigenvalue weighted by Gasteiger charge is -2.18. The standard InChI is InChI=1S/C12H10F5NO4/c1-3-4-5(10(19)20)7(9(13)14)18-8(12(15,16)17)6(4)11(21)22-2/h9H,3H2,1-2H3,(H,19,20). The van der Waals surface area contributed by atoms with Crippen molar-refractivity contribution in [2.75, 3.05) is 7.11 Å². The number of esters is 1. The topological polar surface area (TPSA) is 76.5 Å². The predicted octanol–water partition coefficient (Wildman–Crippen LogP) is 3.09. The first-order valence-electron chi connectivity index (χ1n) is 5.79. The number of methoxy groups -OCH3 is 1. The lowest BCUT2D eigenvalue weighted by atomic mass is 9.95. The highest BCUT2D eigenvalue weighted by atomic mass is 19.4. The molecule has 10 heteroatoms. The van der Waals surface area contributed by atoms with Crippen molar-refractivity contribution in [1.82, 2.24) is 4.98 Å². The highest BCUT2D eigenvalue weighted by Crippen LogP contribution is 2.37. The molecule has 0 aliphatic heterocycles. The minimum Gasteiger partial charge on any atom is -0.478 e. The van der Waals surface area contributed by atoms with Crippen molar-refractivity contribution in [2.45, 2.75) is 25.9 Å². The lowest BCUT2D eigenvalue weighted by Crippen LogP contribution is -2.24. The molecule has 0 atom stereocenters. The van der Waals surface area contributed by atoms with Crippen LogP contribution in [-0.2, 0) is 17.3 Å². The SMILES string of the molecule is CCc1c(C(=O)O)c(C(F)F)nc(C(F)(F)F)c1C(=O)OC. The van der Waals surface area contributed by atoms with Crippen molar-refractivity contribution >= 4 is 11.9 Å². The number of carbonyl (C=O) groups excluding carboxylic acids is 1. The Balaban J connectivity index is 3.98. The number of ether oxygens (including phenoxy) is 1. The largest absolute Gasteiger partial charge is 0.478 e. The Morgan fingerprint density at radius 1 is 1.27 bits per heavy atom.